The minimum atomic E-state index is -0.260. The van der Waals surface area contributed by atoms with Gasteiger partial charge in [0.25, 0.3) is 11.8 Å². The maximum absolute atomic E-state index is 12.4. The summed E-state index contributed by atoms with van der Waals surface area (Å²) in [5.41, 5.74) is 1.54. The van der Waals surface area contributed by atoms with Crippen molar-refractivity contribution in [3.8, 4) is 5.75 Å². The SMILES string of the molecule is CCOc1cccc(C(=O)Nc2cccc(C(=O)NCCCOC)c2)c1. The number of hydrogen-bond acceptors (Lipinski definition) is 4. The van der Waals surface area contributed by atoms with E-state index in [4.69, 9.17) is 9.47 Å². The van der Waals surface area contributed by atoms with Crippen LogP contribution in [0.25, 0.3) is 0 Å². The van der Waals surface area contributed by atoms with E-state index in [1.165, 1.54) is 0 Å². The average Bonchev–Trinajstić information content (AvgIpc) is 2.66. The topological polar surface area (TPSA) is 76.7 Å². The van der Waals surface area contributed by atoms with Gasteiger partial charge in [-0.2, -0.15) is 0 Å². The Morgan fingerprint density at radius 2 is 1.73 bits per heavy atom. The van der Waals surface area contributed by atoms with E-state index in [9.17, 15) is 9.59 Å². The third kappa shape index (κ3) is 5.89. The first-order chi connectivity index (χ1) is 12.6. The van der Waals surface area contributed by atoms with Crippen LogP contribution in [-0.4, -0.2) is 38.7 Å². The minimum absolute atomic E-state index is 0.185. The van der Waals surface area contributed by atoms with Crippen molar-refractivity contribution in [1.29, 1.82) is 0 Å². The molecule has 0 saturated carbocycles. The lowest BCUT2D eigenvalue weighted by Crippen LogP contribution is -2.25. The molecule has 2 amide bonds. The highest BCUT2D eigenvalue weighted by atomic mass is 16.5. The molecule has 0 aliphatic carbocycles. The zero-order valence-electron chi connectivity index (χ0n) is 15.1. The van der Waals surface area contributed by atoms with E-state index in [0.29, 0.717) is 42.3 Å². The van der Waals surface area contributed by atoms with Crippen molar-refractivity contribution in [1.82, 2.24) is 5.32 Å². The van der Waals surface area contributed by atoms with Crippen LogP contribution in [0, 0.1) is 0 Å². The molecule has 0 saturated heterocycles. The summed E-state index contributed by atoms with van der Waals surface area (Å²) in [4.78, 5) is 24.6. The van der Waals surface area contributed by atoms with E-state index in [1.54, 1.807) is 55.6 Å². The van der Waals surface area contributed by atoms with E-state index in [-0.39, 0.29) is 11.8 Å². The van der Waals surface area contributed by atoms with Gasteiger partial charge in [0, 0.05) is 37.1 Å². The van der Waals surface area contributed by atoms with Crippen molar-refractivity contribution in [3.05, 3.63) is 59.7 Å². The molecule has 2 rings (SSSR count). The molecule has 6 nitrogen and oxygen atoms in total. The Kier molecular flexibility index (Phi) is 7.64. The number of hydrogen-bond donors (Lipinski definition) is 2. The van der Waals surface area contributed by atoms with Gasteiger partial charge in [0.1, 0.15) is 5.75 Å². The van der Waals surface area contributed by atoms with E-state index >= 15 is 0 Å². The lowest BCUT2D eigenvalue weighted by Gasteiger charge is -2.09. The van der Waals surface area contributed by atoms with Crippen LogP contribution in [-0.2, 0) is 4.74 Å². The Bertz CT molecular complexity index is 746. The molecule has 6 heteroatoms. The van der Waals surface area contributed by atoms with Crippen molar-refractivity contribution in [2.24, 2.45) is 0 Å². The summed E-state index contributed by atoms with van der Waals surface area (Å²) in [6.07, 6.45) is 0.745. The van der Waals surface area contributed by atoms with E-state index in [0.717, 1.165) is 6.42 Å². The number of carbonyl (C=O) groups is 2. The predicted octanol–water partition coefficient (Wildman–Crippen LogP) is 3.10. The number of benzene rings is 2. The average molecular weight is 356 g/mol. The largest absolute Gasteiger partial charge is 0.494 e. The van der Waals surface area contributed by atoms with E-state index in [1.807, 2.05) is 6.92 Å². The van der Waals surface area contributed by atoms with Crippen LogP contribution in [0.1, 0.15) is 34.1 Å². The normalized spacial score (nSPS) is 10.2. The molecule has 0 spiro atoms. The predicted molar refractivity (Wildman–Crippen MR) is 101 cm³/mol. The van der Waals surface area contributed by atoms with Gasteiger partial charge in [-0.05, 0) is 49.7 Å². The summed E-state index contributed by atoms with van der Waals surface area (Å²) in [7, 11) is 1.62. The fourth-order valence-corrected chi connectivity index (χ4v) is 2.36. The number of rotatable bonds is 9. The Morgan fingerprint density at radius 3 is 2.46 bits per heavy atom. The highest BCUT2D eigenvalue weighted by Gasteiger charge is 2.10. The zero-order chi connectivity index (χ0) is 18.8. The van der Waals surface area contributed by atoms with Gasteiger partial charge in [-0.3, -0.25) is 9.59 Å². The molecule has 0 aromatic heterocycles. The fraction of sp³-hybridized carbons (Fsp3) is 0.300. The van der Waals surface area contributed by atoms with Crippen LogP contribution < -0.4 is 15.4 Å². The van der Waals surface area contributed by atoms with Crippen molar-refractivity contribution >= 4 is 17.5 Å². The summed E-state index contributed by atoms with van der Waals surface area (Å²) in [5.74, 6) is 0.198. The number of amides is 2. The first kappa shape index (κ1) is 19.5. The highest BCUT2D eigenvalue weighted by molar-refractivity contribution is 6.05. The molecule has 0 unspecified atom stereocenters. The van der Waals surface area contributed by atoms with Gasteiger partial charge in [0.15, 0.2) is 0 Å². The number of anilines is 1. The highest BCUT2D eigenvalue weighted by Crippen LogP contribution is 2.16. The fourth-order valence-electron chi connectivity index (χ4n) is 2.36. The molecule has 26 heavy (non-hydrogen) atoms. The number of carbonyl (C=O) groups excluding carboxylic acids is 2. The molecule has 2 aromatic carbocycles. The summed E-state index contributed by atoms with van der Waals surface area (Å²) >= 11 is 0. The van der Waals surface area contributed by atoms with Crippen molar-refractivity contribution in [3.63, 3.8) is 0 Å². The molecule has 0 radical (unpaired) electrons. The van der Waals surface area contributed by atoms with Gasteiger partial charge in [0.2, 0.25) is 0 Å². The second-order valence-electron chi connectivity index (χ2n) is 5.60. The smallest absolute Gasteiger partial charge is 0.255 e. The Morgan fingerprint density at radius 1 is 1.00 bits per heavy atom. The van der Waals surface area contributed by atoms with Crippen LogP contribution in [0.15, 0.2) is 48.5 Å². The monoisotopic (exact) mass is 356 g/mol. The molecule has 0 heterocycles. The molecule has 0 aliphatic rings. The Hall–Kier alpha value is -2.86. The molecular formula is C20H24N2O4. The van der Waals surface area contributed by atoms with E-state index < -0.39 is 0 Å². The van der Waals surface area contributed by atoms with Crippen LogP contribution in [0.4, 0.5) is 5.69 Å². The van der Waals surface area contributed by atoms with Gasteiger partial charge in [-0.15, -0.1) is 0 Å². The first-order valence-electron chi connectivity index (χ1n) is 8.55. The Balaban J connectivity index is 2.00. The summed E-state index contributed by atoms with van der Waals surface area (Å²) in [6, 6.07) is 13.8. The lowest BCUT2D eigenvalue weighted by atomic mass is 10.1. The maximum atomic E-state index is 12.4. The number of nitrogens with one attached hydrogen (secondary N) is 2. The van der Waals surface area contributed by atoms with Crippen LogP contribution >= 0.6 is 0 Å². The summed E-state index contributed by atoms with van der Waals surface area (Å²) in [5, 5.41) is 5.62. The molecule has 138 valence electrons. The maximum Gasteiger partial charge on any atom is 0.255 e. The Labute approximate surface area is 153 Å². The molecule has 2 N–H and O–H groups in total. The summed E-state index contributed by atoms with van der Waals surface area (Å²) < 4.78 is 10.4. The van der Waals surface area contributed by atoms with Gasteiger partial charge >= 0.3 is 0 Å². The van der Waals surface area contributed by atoms with Crippen molar-refractivity contribution in [2.45, 2.75) is 13.3 Å². The lowest BCUT2D eigenvalue weighted by molar-refractivity contribution is 0.0947. The molecule has 0 fully saturated rings. The van der Waals surface area contributed by atoms with Crippen molar-refractivity contribution in [2.75, 3.05) is 32.2 Å². The van der Waals surface area contributed by atoms with Gasteiger partial charge < -0.3 is 20.1 Å². The minimum Gasteiger partial charge on any atom is -0.494 e. The third-order valence-electron chi connectivity index (χ3n) is 3.60. The molecule has 2 aromatic rings. The molecule has 0 atom stereocenters. The van der Waals surface area contributed by atoms with Gasteiger partial charge in [-0.25, -0.2) is 0 Å². The third-order valence-corrected chi connectivity index (χ3v) is 3.60. The van der Waals surface area contributed by atoms with Crippen LogP contribution in [0.3, 0.4) is 0 Å². The number of methoxy groups -OCH3 is 1. The standard InChI is InChI=1S/C20H24N2O4/c1-3-26-18-10-5-8-16(14-18)20(24)22-17-9-4-7-15(13-17)19(23)21-11-6-12-25-2/h4-5,7-10,13-14H,3,6,11-12H2,1-2H3,(H,21,23)(H,22,24). The molecular weight excluding hydrogens is 332 g/mol. The second kappa shape index (κ2) is 10.2. The van der Waals surface area contributed by atoms with E-state index in [2.05, 4.69) is 10.6 Å². The van der Waals surface area contributed by atoms with Crippen LogP contribution in [0.2, 0.25) is 0 Å². The second-order valence-corrected chi connectivity index (χ2v) is 5.60. The quantitative estimate of drug-likeness (QED) is 0.677. The number of ether oxygens (including phenoxy) is 2. The van der Waals surface area contributed by atoms with Crippen LogP contribution in [0.5, 0.6) is 5.75 Å². The first-order valence-corrected chi connectivity index (χ1v) is 8.55. The van der Waals surface area contributed by atoms with Gasteiger partial charge in [-0.1, -0.05) is 12.1 Å². The summed E-state index contributed by atoms with van der Waals surface area (Å²) in [6.45, 7) is 3.55. The van der Waals surface area contributed by atoms with Gasteiger partial charge in [0.05, 0.1) is 6.61 Å². The van der Waals surface area contributed by atoms with Crippen molar-refractivity contribution < 1.29 is 19.1 Å². The zero-order valence-corrected chi connectivity index (χ0v) is 15.1. The molecule has 0 aliphatic heterocycles. The molecule has 0 bridgehead atoms.